The average Bonchev–Trinajstić information content (AvgIpc) is 2.77. The van der Waals surface area contributed by atoms with Gasteiger partial charge in [-0.15, -0.1) is 0 Å². The molecule has 2 N–H and O–H groups in total. The highest BCUT2D eigenvalue weighted by Crippen LogP contribution is 2.22. The molecular weight excluding hydrogens is 334 g/mol. The molecule has 0 unspecified atom stereocenters. The molecule has 2 aromatic rings. The molecule has 7 nitrogen and oxygen atoms in total. The van der Waals surface area contributed by atoms with Crippen LogP contribution in [0.1, 0.15) is 16.7 Å². The summed E-state index contributed by atoms with van der Waals surface area (Å²) in [7, 11) is 1.62. The Kier molecular flexibility index (Phi) is 5.28. The van der Waals surface area contributed by atoms with Gasteiger partial charge in [-0.2, -0.15) is 0 Å². The van der Waals surface area contributed by atoms with E-state index in [1.54, 1.807) is 7.11 Å². The summed E-state index contributed by atoms with van der Waals surface area (Å²) in [5.74, 6) is 0.152. The van der Waals surface area contributed by atoms with Gasteiger partial charge in [0.15, 0.2) is 0 Å². The fourth-order valence-corrected chi connectivity index (χ4v) is 2.79. The van der Waals surface area contributed by atoms with E-state index in [1.165, 1.54) is 12.3 Å². The first-order valence-corrected chi connectivity index (χ1v) is 8.08. The lowest BCUT2D eigenvalue weighted by molar-refractivity contribution is -0.131. The number of carboxylic acid groups (broad SMARTS) is 1. The van der Waals surface area contributed by atoms with Gasteiger partial charge in [-0.3, -0.25) is 9.69 Å². The molecule has 0 aliphatic carbocycles. The minimum Gasteiger partial charge on any atom is -0.497 e. The van der Waals surface area contributed by atoms with E-state index in [4.69, 9.17) is 9.84 Å². The molecule has 0 bridgehead atoms. The summed E-state index contributed by atoms with van der Waals surface area (Å²) < 4.78 is 5.16. The number of rotatable bonds is 5. The molecular formula is C19H19N3O4. The standard InChI is InChI=1S/C19H19N3O4/c1-26-16-5-2-13(3-6-16)10-22-11-15-8-14(4-7-18(24)25)9-20-19(15)21-17(23)12-22/h2-9H,10-12H2,1H3,(H,24,25)(H,20,21,23). The number of ether oxygens (including phenoxy) is 1. The molecule has 0 atom stereocenters. The van der Waals surface area contributed by atoms with E-state index in [0.717, 1.165) is 23.0 Å². The molecule has 0 spiro atoms. The summed E-state index contributed by atoms with van der Waals surface area (Å²) in [6, 6.07) is 9.54. The first-order valence-electron chi connectivity index (χ1n) is 8.08. The number of aromatic nitrogens is 1. The predicted molar refractivity (Wildman–Crippen MR) is 96.6 cm³/mol. The molecule has 0 saturated heterocycles. The molecule has 26 heavy (non-hydrogen) atoms. The number of nitrogens with one attached hydrogen (secondary N) is 1. The van der Waals surface area contributed by atoms with Crippen molar-refractivity contribution in [2.75, 3.05) is 19.0 Å². The lowest BCUT2D eigenvalue weighted by Gasteiger charge is -2.19. The molecule has 1 aliphatic rings. The van der Waals surface area contributed by atoms with E-state index in [2.05, 4.69) is 10.3 Å². The van der Waals surface area contributed by atoms with Crippen molar-refractivity contribution < 1.29 is 19.4 Å². The Morgan fingerprint density at radius 1 is 1.35 bits per heavy atom. The van der Waals surface area contributed by atoms with Gasteiger partial charge < -0.3 is 15.2 Å². The summed E-state index contributed by atoms with van der Waals surface area (Å²) in [5, 5.41) is 11.6. The maximum atomic E-state index is 12.1. The second-order valence-corrected chi connectivity index (χ2v) is 5.99. The van der Waals surface area contributed by atoms with E-state index in [9.17, 15) is 9.59 Å². The van der Waals surface area contributed by atoms with Crippen molar-refractivity contribution in [2.45, 2.75) is 13.1 Å². The van der Waals surface area contributed by atoms with Crippen LogP contribution in [0.5, 0.6) is 5.75 Å². The van der Waals surface area contributed by atoms with Crippen LogP contribution in [0.15, 0.2) is 42.6 Å². The number of carbonyl (C=O) groups is 2. The van der Waals surface area contributed by atoms with Crippen LogP contribution >= 0.6 is 0 Å². The molecule has 1 aliphatic heterocycles. The topological polar surface area (TPSA) is 91.8 Å². The van der Waals surface area contributed by atoms with Crippen LogP contribution in [-0.4, -0.2) is 40.5 Å². The fourth-order valence-electron chi connectivity index (χ4n) is 2.79. The first kappa shape index (κ1) is 17.6. The summed E-state index contributed by atoms with van der Waals surface area (Å²) in [6.07, 6.45) is 4.08. The van der Waals surface area contributed by atoms with Crippen LogP contribution in [0.3, 0.4) is 0 Å². The fraction of sp³-hybridized carbons (Fsp3) is 0.211. The Bertz CT molecular complexity index is 846. The Balaban J connectivity index is 1.80. The number of amides is 1. The van der Waals surface area contributed by atoms with Crippen molar-refractivity contribution >= 4 is 23.8 Å². The largest absolute Gasteiger partial charge is 0.497 e. The third-order valence-corrected chi connectivity index (χ3v) is 3.99. The highest BCUT2D eigenvalue weighted by atomic mass is 16.5. The number of fused-ring (bicyclic) bond motifs is 1. The van der Waals surface area contributed by atoms with Gasteiger partial charge in [0.05, 0.1) is 13.7 Å². The van der Waals surface area contributed by atoms with E-state index < -0.39 is 5.97 Å². The van der Waals surface area contributed by atoms with Crippen molar-refractivity contribution in [3.63, 3.8) is 0 Å². The molecule has 1 aromatic carbocycles. The Morgan fingerprint density at radius 2 is 2.12 bits per heavy atom. The van der Waals surface area contributed by atoms with Gasteiger partial charge >= 0.3 is 5.97 Å². The van der Waals surface area contributed by atoms with Gasteiger partial charge in [-0.1, -0.05) is 12.1 Å². The summed E-state index contributed by atoms with van der Waals surface area (Å²) in [5.41, 5.74) is 2.58. The third kappa shape index (κ3) is 4.46. The van der Waals surface area contributed by atoms with Gasteiger partial charge in [0.2, 0.25) is 5.91 Å². The number of anilines is 1. The number of nitrogens with zero attached hydrogens (tertiary/aromatic N) is 2. The molecule has 134 valence electrons. The summed E-state index contributed by atoms with van der Waals surface area (Å²) in [6.45, 7) is 1.39. The maximum Gasteiger partial charge on any atom is 0.328 e. The Morgan fingerprint density at radius 3 is 2.81 bits per heavy atom. The number of hydrogen-bond acceptors (Lipinski definition) is 5. The van der Waals surface area contributed by atoms with Crippen molar-refractivity contribution in [2.24, 2.45) is 0 Å². The first-order chi connectivity index (χ1) is 12.5. The number of hydrogen-bond donors (Lipinski definition) is 2. The molecule has 1 aromatic heterocycles. The van der Waals surface area contributed by atoms with Crippen molar-refractivity contribution in [3.8, 4) is 5.75 Å². The average molecular weight is 353 g/mol. The summed E-state index contributed by atoms with van der Waals surface area (Å²) in [4.78, 5) is 29.1. The SMILES string of the molecule is COc1ccc(CN2CC(=O)Nc3ncc(C=CC(=O)O)cc3C2)cc1. The maximum absolute atomic E-state index is 12.1. The van der Waals surface area contributed by atoms with Gasteiger partial charge in [-0.05, 0) is 35.4 Å². The van der Waals surface area contributed by atoms with Gasteiger partial charge in [0, 0.05) is 30.9 Å². The number of carbonyl (C=O) groups excluding carboxylic acids is 1. The van der Waals surface area contributed by atoms with Crippen LogP contribution in [0.25, 0.3) is 6.08 Å². The van der Waals surface area contributed by atoms with E-state index in [0.29, 0.717) is 24.5 Å². The van der Waals surface area contributed by atoms with Gasteiger partial charge in [0.1, 0.15) is 11.6 Å². The minimum atomic E-state index is -1.02. The predicted octanol–water partition coefficient (Wildman–Crippen LogP) is 2.14. The van der Waals surface area contributed by atoms with Crippen molar-refractivity contribution in [1.82, 2.24) is 9.88 Å². The number of benzene rings is 1. The Hall–Kier alpha value is -3.19. The second-order valence-electron chi connectivity index (χ2n) is 5.99. The minimum absolute atomic E-state index is 0.126. The zero-order chi connectivity index (χ0) is 18.5. The lowest BCUT2D eigenvalue weighted by atomic mass is 10.1. The van der Waals surface area contributed by atoms with Crippen molar-refractivity contribution in [3.05, 3.63) is 59.3 Å². The number of methoxy groups -OCH3 is 1. The van der Waals surface area contributed by atoms with E-state index >= 15 is 0 Å². The summed E-state index contributed by atoms with van der Waals surface area (Å²) >= 11 is 0. The molecule has 0 saturated carbocycles. The molecule has 7 heteroatoms. The second kappa shape index (κ2) is 7.79. The van der Waals surface area contributed by atoms with E-state index in [1.807, 2.05) is 35.2 Å². The van der Waals surface area contributed by atoms with Gasteiger partial charge in [-0.25, -0.2) is 9.78 Å². The van der Waals surface area contributed by atoms with Crippen molar-refractivity contribution in [1.29, 1.82) is 0 Å². The highest BCUT2D eigenvalue weighted by molar-refractivity contribution is 5.93. The normalized spacial score (nSPS) is 14.6. The monoisotopic (exact) mass is 353 g/mol. The zero-order valence-electron chi connectivity index (χ0n) is 14.3. The third-order valence-electron chi connectivity index (χ3n) is 3.99. The lowest BCUT2D eigenvalue weighted by Crippen LogP contribution is -2.29. The van der Waals surface area contributed by atoms with Crippen LogP contribution in [-0.2, 0) is 22.7 Å². The van der Waals surface area contributed by atoms with Crippen LogP contribution in [0.2, 0.25) is 0 Å². The van der Waals surface area contributed by atoms with Crippen LogP contribution in [0, 0.1) is 0 Å². The number of carboxylic acids is 1. The van der Waals surface area contributed by atoms with E-state index in [-0.39, 0.29) is 12.5 Å². The van der Waals surface area contributed by atoms with Crippen LogP contribution in [0.4, 0.5) is 5.82 Å². The molecule has 0 radical (unpaired) electrons. The number of pyridine rings is 1. The van der Waals surface area contributed by atoms with Crippen LogP contribution < -0.4 is 10.1 Å². The molecule has 3 rings (SSSR count). The highest BCUT2D eigenvalue weighted by Gasteiger charge is 2.20. The molecule has 1 amide bonds. The molecule has 0 fully saturated rings. The Labute approximate surface area is 150 Å². The molecule has 2 heterocycles. The number of aliphatic carboxylic acids is 1. The smallest absolute Gasteiger partial charge is 0.328 e. The quantitative estimate of drug-likeness (QED) is 0.800. The zero-order valence-corrected chi connectivity index (χ0v) is 14.3. The van der Waals surface area contributed by atoms with Gasteiger partial charge in [0.25, 0.3) is 0 Å².